The zero-order valence-corrected chi connectivity index (χ0v) is 30.4. The maximum atomic E-state index is 13.5. The van der Waals surface area contributed by atoms with Crippen LogP contribution >= 0.6 is 11.6 Å². The molecular weight excluding hydrogens is 660 g/mol. The summed E-state index contributed by atoms with van der Waals surface area (Å²) in [6.45, 7) is 8.98. The zero-order chi connectivity index (χ0) is 34.8. The molecule has 5 aliphatic rings. The highest BCUT2D eigenvalue weighted by molar-refractivity contribution is 6.36. The zero-order valence-electron chi connectivity index (χ0n) is 29.6. The van der Waals surface area contributed by atoms with E-state index in [1.165, 1.54) is 32.1 Å². The number of likely N-dealkylation sites (tertiary alicyclic amines) is 1. The van der Waals surface area contributed by atoms with Crippen LogP contribution in [0.3, 0.4) is 0 Å². The second-order valence-corrected chi connectivity index (χ2v) is 15.4. The summed E-state index contributed by atoms with van der Waals surface area (Å²) in [5, 5.41) is 12.8. The summed E-state index contributed by atoms with van der Waals surface area (Å²) in [5.74, 6) is 0.871. The molecule has 10 nitrogen and oxygen atoms in total. The van der Waals surface area contributed by atoms with Gasteiger partial charge in [0.25, 0.3) is 0 Å². The summed E-state index contributed by atoms with van der Waals surface area (Å²) in [4.78, 5) is 35.3. The smallest absolute Gasteiger partial charge is 0.318 e. The van der Waals surface area contributed by atoms with Crippen LogP contribution < -0.4 is 14.5 Å². The first-order chi connectivity index (χ1) is 25.0. The average Bonchev–Trinajstić information content (AvgIpc) is 3.75. The number of carbonyl (C=O) groups excluding carboxylic acids is 1. The van der Waals surface area contributed by atoms with Gasteiger partial charge in [0, 0.05) is 55.4 Å². The van der Waals surface area contributed by atoms with Crippen molar-refractivity contribution in [3.63, 3.8) is 0 Å². The molecule has 3 aromatic rings. The van der Waals surface area contributed by atoms with E-state index in [9.17, 15) is 10.1 Å². The molecule has 1 atom stereocenters. The molecule has 0 bridgehead atoms. The molecular formula is C40H49ClN8O2. The third kappa shape index (κ3) is 7.01. The molecule has 0 aliphatic carbocycles. The summed E-state index contributed by atoms with van der Waals surface area (Å²) in [6, 6.07) is 15.0. The number of aromatic nitrogens is 2. The molecule has 268 valence electrons. The van der Waals surface area contributed by atoms with Crippen molar-refractivity contribution in [1.82, 2.24) is 24.7 Å². The van der Waals surface area contributed by atoms with E-state index in [1.807, 2.05) is 23.1 Å². The minimum Gasteiger partial charge on any atom is -0.461 e. The van der Waals surface area contributed by atoms with Crippen molar-refractivity contribution in [3.8, 4) is 12.1 Å². The monoisotopic (exact) mass is 708 g/mol. The molecule has 8 rings (SSSR count). The largest absolute Gasteiger partial charge is 0.461 e. The van der Waals surface area contributed by atoms with Crippen LogP contribution in [0.4, 0.5) is 11.5 Å². The van der Waals surface area contributed by atoms with E-state index in [0.29, 0.717) is 38.8 Å². The topological polar surface area (TPSA) is 92.1 Å². The minimum atomic E-state index is -0.229. The Bertz CT molecular complexity index is 1800. The Morgan fingerprint density at radius 1 is 0.961 bits per heavy atom. The Morgan fingerprint density at radius 3 is 2.57 bits per heavy atom. The number of piperidine rings is 1. The van der Waals surface area contributed by atoms with Crippen molar-refractivity contribution in [3.05, 3.63) is 64.8 Å². The lowest BCUT2D eigenvalue weighted by Gasteiger charge is -2.42. The molecule has 1 aromatic heterocycles. The van der Waals surface area contributed by atoms with E-state index < -0.39 is 0 Å². The van der Waals surface area contributed by atoms with Crippen molar-refractivity contribution in [2.24, 2.45) is 0 Å². The lowest BCUT2D eigenvalue weighted by molar-refractivity contribution is -0.128. The predicted molar refractivity (Wildman–Crippen MR) is 201 cm³/mol. The van der Waals surface area contributed by atoms with Crippen molar-refractivity contribution < 1.29 is 9.53 Å². The highest BCUT2D eigenvalue weighted by Crippen LogP contribution is 2.40. The average molecular weight is 709 g/mol. The van der Waals surface area contributed by atoms with Crippen LogP contribution in [0.1, 0.15) is 62.6 Å². The van der Waals surface area contributed by atoms with E-state index in [1.54, 1.807) is 6.08 Å². The van der Waals surface area contributed by atoms with Crippen molar-refractivity contribution in [1.29, 1.82) is 5.26 Å². The molecule has 51 heavy (non-hydrogen) atoms. The molecule has 2 aromatic carbocycles. The van der Waals surface area contributed by atoms with Gasteiger partial charge >= 0.3 is 6.01 Å². The number of hydrogen-bond donors (Lipinski definition) is 0. The number of hydrogen-bond acceptors (Lipinski definition) is 9. The first-order valence-corrected chi connectivity index (χ1v) is 19.4. The van der Waals surface area contributed by atoms with Crippen LogP contribution in [0.5, 0.6) is 6.01 Å². The molecule has 0 spiro atoms. The highest BCUT2D eigenvalue weighted by atomic mass is 35.5. The van der Waals surface area contributed by atoms with Crippen LogP contribution in [0.15, 0.2) is 48.6 Å². The number of piperazine rings is 1. The molecule has 1 amide bonds. The van der Waals surface area contributed by atoms with Gasteiger partial charge in [-0.05, 0) is 88.6 Å². The number of nitriles is 1. The summed E-state index contributed by atoms with van der Waals surface area (Å²) < 4.78 is 6.59. The second-order valence-electron chi connectivity index (χ2n) is 15.0. The summed E-state index contributed by atoms with van der Waals surface area (Å²) >= 11 is 6.78. The number of fused-ring (bicyclic) bond motifs is 3. The molecule has 4 fully saturated rings. The molecule has 4 saturated heterocycles. The van der Waals surface area contributed by atoms with Gasteiger partial charge in [0.05, 0.1) is 41.3 Å². The van der Waals surface area contributed by atoms with Gasteiger partial charge in [0.15, 0.2) is 0 Å². The van der Waals surface area contributed by atoms with E-state index in [4.69, 9.17) is 26.3 Å². The lowest BCUT2D eigenvalue weighted by atomic mass is 9.95. The summed E-state index contributed by atoms with van der Waals surface area (Å²) in [5.41, 5.74) is 3.28. The number of anilines is 2. The number of halogens is 1. The number of rotatable bonds is 9. The van der Waals surface area contributed by atoms with Gasteiger partial charge in [-0.3, -0.25) is 14.6 Å². The van der Waals surface area contributed by atoms with Crippen LogP contribution in [0.25, 0.3) is 10.8 Å². The lowest BCUT2D eigenvalue weighted by Crippen LogP contribution is -2.55. The Balaban J connectivity index is 1.06. The number of benzene rings is 2. The van der Waals surface area contributed by atoms with Crippen LogP contribution in [-0.4, -0.2) is 108 Å². The van der Waals surface area contributed by atoms with Crippen LogP contribution in [0, 0.1) is 11.3 Å². The fourth-order valence-electron chi connectivity index (χ4n) is 9.28. The van der Waals surface area contributed by atoms with Crippen molar-refractivity contribution in [2.75, 3.05) is 75.3 Å². The minimum absolute atomic E-state index is 0.0121. The molecule has 0 saturated carbocycles. The third-order valence-electron chi connectivity index (χ3n) is 11.9. The molecule has 5 aliphatic heterocycles. The van der Waals surface area contributed by atoms with Crippen LogP contribution in [0.2, 0.25) is 5.02 Å². The maximum Gasteiger partial charge on any atom is 0.318 e. The van der Waals surface area contributed by atoms with E-state index >= 15 is 0 Å². The highest BCUT2D eigenvalue weighted by Gasteiger charge is 2.45. The van der Waals surface area contributed by atoms with Gasteiger partial charge in [-0.2, -0.15) is 15.2 Å². The fraction of sp³-hybridized carbons (Fsp3) is 0.550. The van der Waals surface area contributed by atoms with Gasteiger partial charge in [-0.25, -0.2) is 0 Å². The first-order valence-electron chi connectivity index (χ1n) is 19.0. The Labute approximate surface area is 306 Å². The Hall–Kier alpha value is -3.91. The van der Waals surface area contributed by atoms with E-state index in [-0.39, 0.29) is 23.9 Å². The quantitative estimate of drug-likeness (QED) is 0.255. The summed E-state index contributed by atoms with van der Waals surface area (Å²) in [6.07, 6.45) is 13.2. The Morgan fingerprint density at radius 2 is 1.76 bits per heavy atom. The number of amides is 1. The van der Waals surface area contributed by atoms with E-state index in [2.05, 4.69) is 49.9 Å². The first kappa shape index (κ1) is 34.2. The van der Waals surface area contributed by atoms with Gasteiger partial charge < -0.3 is 19.4 Å². The molecule has 0 unspecified atom stereocenters. The van der Waals surface area contributed by atoms with Crippen molar-refractivity contribution >= 4 is 39.8 Å². The summed E-state index contributed by atoms with van der Waals surface area (Å²) in [7, 11) is 0. The Kier molecular flexibility index (Phi) is 10.0. The SMILES string of the molecule is N#CC[C@H]1CN(c2nc(OCC34CCCN3CCC4)nc3c2CCN(c2cccc4cccc(Cl)c24)C3)CCN1C(=O)/C=C/CN1CCCCC1. The molecule has 0 N–H and O–H groups in total. The van der Waals surface area contributed by atoms with Gasteiger partial charge in [0.1, 0.15) is 12.4 Å². The fourth-order valence-corrected chi connectivity index (χ4v) is 9.56. The number of nitrogens with zero attached hydrogens (tertiary/aromatic N) is 8. The van der Waals surface area contributed by atoms with E-state index in [0.717, 1.165) is 97.1 Å². The normalized spacial score (nSPS) is 22.4. The van der Waals surface area contributed by atoms with Crippen LogP contribution in [-0.2, 0) is 17.8 Å². The third-order valence-corrected chi connectivity index (χ3v) is 12.3. The standard InChI is InChI=1S/C40H49ClN8O2/c41-33-11-4-9-30-10-5-12-35(37(30)33)46-24-15-32-34(28-46)43-39(51-29-40-16-7-22-48(40)23-8-17-40)44-38(32)47-25-26-49(31(27-47)14-18-42)36(50)13-6-21-45-19-2-1-3-20-45/h4-6,9-13,31H,1-3,7-8,14-17,19-29H2/b13-6+/t31-/m0/s1. The van der Waals surface area contributed by atoms with Gasteiger partial charge in [-0.15, -0.1) is 0 Å². The molecule has 11 heteroatoms. The maximum absolute atomic E-state index is 13.5. The molecule has 6 heterocycles. The number of ether oxygens (including phenoxy) is 1. The number of carbonyl (C=O) groups is 1. The second kappa shape index (κ2) is 15.0. The van der Waals surface area contributed by atoms with Gasteiger partial charge in [0.2, 0.25) is 5.91 Å². The van der Waals surface area contributed by atoms with Crippen molar-refractivity contribution in [2.45, 2.75) is 75.9 Å². The molecule has 0 radical (unpaired) electrons. The van der Waals surface area contributed by atoms with Gasteiger partial charge in [-0.1, -0.05) is 48.4 Å². The predicted octanol–water partition coefficient (Wildman–Crippen LogP) is 5.83.